The molecule has 35 heavy (non-hydrogen) atoms. The molecule has 0 N–H and O–H groups in total. The topological polar surface area (TPSA) is 43.9 Å². The van der Waals surface area contributed by atoms with E-state index in [9.17, 15) is 0 Å². The molecule has 0 aliphatic rings. The van der Waals surface area contributed by atoms with Crippen LogP contribution in [0, 0.1) is 0 Å². The van der Waals surface area contributed by atoms with Crippen molar-refractivity contribution in [3.05, 3.63) is 114 Å². The molecule has 0 amide bonds. The van der Waals surface area contributed by atoms with Crippen LogP contribution in [0.5, 0.6) is 0 Å². The highest BCUT2D eigenvalue weighted by molar-refractivity contribution is 6.31. The Morgan fingerprint density at radius 3 is 2.31 bits per heavy atom. The molecule has 0 unspecified atom stereocenters. The fourth-order valence-corrected chi connectivity index (χ4v) is 5.02. The van der Waals surface area contributed by atoms with Crippen molar-refractivity contribution < 1.29 is 4.42 Å². The molecule has 4 nitrogen and oxygen atoms in total. The van der Waals surface area contributed by atoms with Crippen LogP contribution in [0.2, 0.25) is 5.02 Å². The van der Waals surface area contributed by atoms with Crippen molar-refractivity contribution in [1.29, 1.82) is 0 Å². The molecule has 0 bridgehead atoms. The van der Waals surface area contributed by atoms with Gasteiger partial charge in [-0.15, -0.1) is 0 Å². The van der Waals surface area contributed by atoms with E-state index in [1.54, 1.807) is 0 Å². The van der Waals surface area contributed by atoms with Crippen LogP contribution in [0.1, 0.15) is 0 Å². The summed E-state index contributed by atoms with van der Waals surface area (Å²) in [7, 11) is 0. The fraction of sp³-hybridized carbons (Fsp3) is 0. The molecule has 166 valence electrons. The van der Waals surface area contributed by atoms with Crippen molar-refractivity contribution in [1.82, 2.24) is 14.5 Å². The van der Waals surface area contributed by atoms with Gasteiger partial charge < -0.3 is 8.98 Å². The van der Waals surface area contributed by atoms with Crippen LogP contribution in [0.25, 0.3) is 61.2 Å². The summed E-state index contributed by atoms with van der Waals surface area (Å²) in [6.07, 6.45) is 3.76. The Kier molecular flexibility index (Phi) is 4.47. The first-order valence-electron chi connectivity index (χ1n) is 11.4. The minimum absolute atomic E-state index is 0.579. The first-order valence-corrected chi connectivity index (χ1v) is 11.7. The molecule has 0 fully saturated rings. The van der Waals surface area contributed by atoms with Gasteiger partial charge in [0.2, 0.25) is 5.89 Å². The van der Waals surface area contributed by atoms with E-state index in [-0.39, 0.29) is 0 Å². The van der Waals surface area contributed by atoms with Gasteiger partial charge in [0.1, 0.15) is 5.52 Å². The first-order chi connectivity index (χ1) is 17.3. The minimum atomic E-state index is 0.579. The summed E-state index contributed by atoms with van der Waals surface area (Å²) in [6.45, 7) is 0. The van der Waals surface area contributed by atoms with Gasteiger partial charge in [-0.05, 0) is 54.1 Å². The van der Waals surface area contributed by atoms with Crippen molar-refractivity contribution in [2.75, 3.05) is 0 Å². The second-order valence-electron chi connectivity index (χ2n) is 8.48. The number of rotatable bonds is 3. The average molecular weight is 472 g/mol. The monoisotopic (exact) mass is 471 g/mol. The minimum Gasteiger partial charge on any atom is -0.436 e. The summed E-state index contributed by atoms with van der Waals surface area (Å²) in [5.41, 5.74) is 7.68. The van der Waals surface area contributed by atoms with E-state index < -0.39 is 0 Å². The van der Waals surface area contributed by atoms with E-state index >= 15 is 0 Å². The maximum Gasteiger partial charge on any atom is 0.227 e. The largest absolute Gasteiger partial charge is 0.436 e. The van der Waals surface area contributed by atoms with E-state index in [2.05, 4.69) is 58.1 Å². The molecule has 0 atom stereocenters. The number of fused-ring (bicyclic) bond motifs is 4. The van der Waals surface area contributed by atoms with Gasteiger partial charge in [-0.2, -0.15) is 0 Å². The van der Waals surface area contributed by atoms with Crippen LogP contribution in [0.4, 0.5) is 0 Å². The van der Waals surface area contributed by atoms with Crippen molar-refractivity contribution in [2.24, 2.45) is 0 Å². The number of aromatic nitrogens is 3. The highest BCUT2D eigenvalue weighted by Gasteiger charge is 2.17. The summed E-state index contributed by atoms with van der Waals surface area (Å²) in [4.78, 5) is 9.26. The standard InChI is InChI=1S/C30H18ClN3O/c31-21-16-23(29-28(17-21)35-30(33-29)19-7-3-1-4-8-19)20-11-12-26-24(15-20)25-18-32-14-13-27(25)34(26)22-9-5-2-6-10-22/h1-18H. The number of pyridine rings is 1. The summed E-state index contributed by atoms with van der Waals surface area (Å²) in [5.74, 6) is 0.579. The molecule has 7 rings (SSSR count). The zero-order valence-electron chi connectivity index (χ0n) is 18.5. The van der Waals surface area contributed by atoms with E-state index in [0.717, 1.165) is 49.7 Å². The maximum absolute atomic E-state index is 6.52. The lowest BCUT2D eigenvalue weighted by Gasteiger charge is -2.08. The number of hydrogen-bond acceptors (Lipinski definition) is 3. The number of hydrogen-bond donors (Lipinski definition) is 0. The normalized spacial score (nSPS) is 11.6. The molecule has 0 saturated heterocycles. The Morgan fingerprint density at radius 1 is 0.714 bits per heavy atom. The van der Waals surface area contributed by atoms with Gasteiger partial charge >= 0.3 is 0 Å². The number of oxazole rings is 1. The Hall–Kier alpha value is -4.41. The molecule has 0 saturated carbocycles. The number of nitrogens with zero attached hydrogens (tertiary/aromatic N) is 3. The third-order valence-electron chi connectivity index (χ3n) is 6.37. The maximum atomic E-state index is 6.52. The first kappa shape index (κ1) is 20.0. The van der Waals surface area contributed by atoms with E-state index in [1.165, 1.54) is 0 Å². The molecular weight excluding hydrogens is 454 g/mol. The van der Waals surface area contributed by atoms with Gasteiger partial charge in [0.05, 0.1) is 11.0 Å². The van der Waals surface area contributed by atoms with Gasteiger partial charge in [0.15, 0.2) is 5.58 Å². The third-order valence-corrected chi connectivity index (χ3v) is 6.59. The zero-order valence-corrected chi connectivity index (χ0v) is 19.3. The molecule has 3 heterocycles. The molecule has 0 aliphatic heterocycles. The SMILES string of the molecule is Clc1cc(-c2ccc3c(c2)c2cnccc2n3-c2ccccc2)c2nc(-c3ccccc3)oc2c1. The van der Waals surface area contributed by atoms with E-state index in [0.29, 0.717) is 16.5 Å². The number of halogens is 1. The van der Waals surface area contributed by atoms with Crippen molar-refractivity contribution >= 4 is 44.5 Å². The Labute approximate surface area is 206 Å². The number of para-hydroxylation sites is 1. The van der Waals surface area contributed by atoms with Gasteiger partial charge in [-0.25, -0.2) is 4.98 Å². The molecular formula is C30H18ClN3O. The molecule has 7 aromatic rings. The summed E-state index contributed by atoms with van der Waals surface area (Å²) in [6, 6.07) is 32.6. The van der Waals surface area contributed by atoms with Crippen molar-refractivity contribution in [3.8, 4) is 28.3 Å². The predicted octanol–water partition coefficient (Wildman–Crippen LogP) is 8.31. The summed E-state index contributed by atoms with van der Waals surface area (Å²) < 4.78 is 8.38. The quantitative estimate of drug-likeness (QED) is 0.260. The predicted molar refractivity (Wildman–Crippen MR) is 142 cm³/mol. The highest BCUT2D eigenvalue weighted by Crippen LogP contribution is 2.38. The van der Waals surface area contributed by atoms with Gasteiger partial charge in [-0.1, -0.05) is 54.1 Å². The second kappa shape index (κ2) is 7.83. The summed E-state index contributed by atoms with van der Waals surface area (Å²) >= 11 is 6.52. The van der Waals surface area contributed by atoms with Crippen molar-refractivity contribution in [3.63, 3.8) is 0 Å². The van der Waals surface area contributed by atoms with E-state index in [4.69, 9.17) is 21.0 Å². The second-order valence-corrected chi connectivity index (χ2v) is 8.92. The lowest BCUT2D eigenvalue weighted by atomic mass is 10.0. The zero-order chi connectivity index (χ0) is 23.4. The van der Waals surface area contributed by atoms with Crippen LogP contribution in [0.3, 0.4) is 0 Å². The Bertz CT molecular complexity index is 1850. The fourth-order valence-electron chi connectivity index (χ4n) is 4.81. The van der Waals surface area contributed by atoms with Crippen molar-refractivity contribution in [2.45, 2.75) is 0 Å². The van der Waals surface area contributed by atoms with E-state index in [1.807, 2.05) is 60.9 Å². The molecule has 0 spiro atoms. The van der Waals surface area contributed by atoms with Gasteiger partial charge in [0.25, 0.3) is 0 Å². The summed E-state index contributed by atoms with van der Waals surface area (Å²) in [5, 5.41) is 2.82. The molecule has 3 aromatic heterocycles. The molecule has 0 aliphatic carbocycles. The average Bonchev–Trinajstić information content (AvgIpc) is 3.48. The third kappa shape index (κ3) is 3.22. The van der Waals surface area contributed by atoms with Crippen LogP contribution >= 0.6 is 11.6 Å². The van der Waals surface area contributed by atoms with Crippen LogP contribution < -0.4 is 0 Å². The molecule has 4 aromatic carbocycles. The van der Waals surface area contributed by atoms with Crippen LogP contribution in [-0.2, 0) is 0 Å². The Morgan fingerprint density at radius 2 is 1.49 bits per heavy atom. The molecule has 0 radical (unpaired) electrons. The van der Waals surface area contributed by atoms with Crippen LogP contribution in [0.15, 0.2) is 114 Å². The number of benzene rings is 4. The lowest BCUT2D eigenvalue weighted by Crippen LogP contribution is -1.93. The molecule has 5 heteroatoms. The van der Waals surface area contributed by atoms with Crippen LogP contribution in [-0.4, -0.2) is 14.5 Å². The smallest absolute Gasteiger partial charge is 0.227 e. The van der Waals surface area contributed by atoms with Gasteiger partial charge in [-0.3, -0.25) is 4.98 Å². The van der Waals surface area contributed by atoms with Gasteiger partial charge in [0, 0.05) is 51.1 Å². The Balaban J connectivity index is 1.48. The lowest BCUT2D eigenvalue weighted by molar-refractivity contribution is 0.620. The highest BCUT2D eigenvalue weighted by atomic mass is 35.5.